The molecule has 2 unspecified atom stereocenters. The SMILES string of the molecule is [B][C@@H]1O[C@H](COC(C)C)C(NP(O)(=S)C(C)C)[C@@H]1OCCOC. The molecule has 0 saturated carbocycles. The summed E-state index contributed by atoms with van der Waals surface area (Å²) in [5.74, 6) is 0. The van der Waals surface area contributed by atoms with Crippen LogP contribution in [-0.4, -0.2) is 75.7 Å². The highest BCUT2D eigenvalue weighted by molar-refractivity contribution is 8.11. The highest BCUT2D eigenvalue weighted by Crippen LogP contribution is 2.44. The van der Waals surface area contributed by atoms with Crippen molar-refractivity contribution in [3.8, 4) is 0 Å². The maximum atomic E-state index is 10.5. The van der Waals surface area contributed by atoms with Crippen LogP contribution in [0.4, 0.5) is 0 Å². The van der Waals surface area contributed by atoms with Crippen LogP contribution in [-0.2, 0) is 30.8 Å². The van der Waals surface area contributed by atoms with E-state index in [1.807, 2.05) is 27.7 Å². The van der Waals surface area contributed by atoms with E-state index in [0.717, 1.165) is 0 Å². The summed E-state index contributed by atoms with van der Waals surface area (Å²) in [6.45, 7) is 8.90. The van der Waals surface area contributed by atoms with Gasteiger partial charge in [0.2, 0.25) is 0 Å². The minimum Gasteiger partial charge on any atom is -0.382 e. The van der Waals surface area contributed by atoms with Gasteiger partial charge in [0, 0.05) is 18.8 Å². The molecule has 1 aliphatic rings. The molecule has 1 fully saturated rings. The van der Waals surface area contributed by atoms with E-state index in [0.29, 0.717) is 19.8 Å². The Morgan fingerprint density at radius 1 is 1.30 bits per heavy atom. The van der Waals surface area contributed by atoms with Gasteiger partial charge < -0.3 is 23.8 Å². The Balaban J connectivity index is 2.82. The van der Waals surface area contributed by atoms with Crippen molar-refractivity contribution in [3.05, 3.63) is 0 Å². The number of ether oxygens (including phenoxy) is 4. The first-order valence-electron chi connectivity index (χ1n) is 7.92. The van der Waals surface area contributed by atoms with Crippen LogP contribution in [0.25, 0.3) is 0 Å². The fourth-order valence-corrected chi connectivity index (χ4v) is 3.60. The molecule has 23 heavy (non-hydrogen) atoms. The summed E-state index contributed by atoms with van der Waals surface area (Å²) < 4.78 is 22.2. The fourth-order valence-electron chi connectivity index (χ4n) is 2.20. The second-order valence-corrected chi connectivity index (χ2v) is 10.4. The Labute approximate surface area is 146 Å². The van der Waals surface area contributed by atoms with Crippen LogP contribution in [0.5, 0.6) is 0 Å². The molecule has 1 saturated heterocycles. The summed E-state index contributed by atoms with van der Waals surface area (Å²) >= 11 is 5.36. The summed E-state index contributed by atoms with van der Waals surface area (Å²) in [7, 11) is 7.66. The van der Waals surface area contributed by atoms with Gasteiger partial charge in [-0.15, -0.1) is 0 Å². The highest BCUT2D eigenvalue weighted by Gasteiger charge is 2.45. The Kier molecular flexibility index (Phi) is 9.19. The molecule has 1 rings (SSSR count). The van der Waals surface area contributed by atoms with Gasteiger partial charge in [-0.2, -0.15) is 0 Å². The van der Waals surface area contributed by atoms with Crippen LogP contribution in [0.2, 0.25) is 0 Å². The molecule has 0 aromatic carbocycles. The summed E-state index contributed by atoms with van der Waals surface area (Å²) in [5.41, 5.74) is -0.0550. The Bertz CT molecular complexity index is 401. The average Bonchev–Trinajstić information content (AvgIpc) is 2.73. The zero-order valence-electron chi connectivity index (χ0n) is 14.6. The first kappa shape index (κ1) is 21.5. The minimum atomic E-state index is -2.72. The predicted octanol–water partition coefficient (Wildman–Crippen LogP) is 1.00. The lowest BCUT2D eigenvalue weighted by atomic mass is 9.92. The largest absolute Gasteiger partial charge is 0.382 e. The van der Waals surface area contributed by atoms with Gasteiger partial charge in [-0.25, -0.2) is 0 Å². The van der Waals surface area contributed by atoms with Gasteiger partial charge in [0.25, 0.3) is 0 Å². The number of hydrogen-bond acceptors (Lipinski definition) is 5. The van der Waals surface area contributed by atoms with Crippen LogP contribution in [0.15, 0.2) is 0 Å². The highest BCUT2D eigenvalue weighted by atomic mass is 32.4. The molecule has 2 radical (unpaired) electrons. The van der Waals surface area contributed by atoms with Crippen LogP contribution in [0, 0.1) is 0 Å². The zero-order valence-corrected chi connectivity index (χ0v) is 16.3. The van der Waals surface area contributed by atoms with Crippen LogP contribution >= 0.6 is 6.42 Å². The molecule has 0 spiro atoms. The van der Waals surface area contributed by atoms with Gasteiger partial charge in [-0.3, -0.25) is 5.09 Å². The minimum absolute atomic E-state index is 0.0550. The summed E-state index contributed by atoms with van der Waals surface area (Å²) in [6.07, 6.45) is -3.39. The molecule has 0 amide bonds. The van der Waals surface area contributed by atoms with Crippen molar-refractivity contribution in [2.75, 3.05) is 26.9 Å². The van der Waals surface area contributed by atoms with Crippen molar-refractivity contribution in [2.24, 2.45) is 0 Å². The molecule has 0 aromatic heterocycles. The smallest absolute Gasteiger partial charge is 0.129 e. The average molecular weight is 365 g/mol. The van der Waals surface area contributed by atoms with E-state index in [1.165, 1.54) is 0 Å². The van der Waals surface area contributed by atoms with E-state index < -0.39 is 18.5 Å². The van der Waals surface area contributed by atoms with Crippen molar-refractivity contribution >= 4 is 26.1 Å². The maximum absolute atomic E-state index is 10.5. The lowest BCUT2D eigenvalue weighted by Gasteiger charge is -2.31. The molecular formula is C14H29BNO5PS. The van der Waals surface area contributed by atoms with E-state index in [-0.39, 0.29) is 23.9 Å². The molecule has 1 heterocycles. The van der Waals surface area contributed by atoms with Crippen LogP contribution in [0.3, 0.4) is 0 Å². The molecule has 0 aromatic rings. The third-order valence-electron chi connectivity index (χ3n) is 3.64. The summed E-state index contributed by atoms with van der Waals surface area (Å²) in [6, 6.07) is -0.925. The molecule has 1 aliphatic heterocycles. The number of nitrogens with one attached hydrogen (secondary N) is 1. The molecule has 9 heteroatoms. The van der Waals surface area contributed by atoms with Crippen molar-refractivity contribution in [1.82, 2.24) is 5.09 Å². The third kappa shape index (κ3) is 6.71. The van der Waals surface area contributed by atoms with Gasteiger partial charge >= 0.3 is 0 Å². The van der Waals surface area contributed by atoms with E-state index >= 15 is 0 Å². The first-order chi connectivity index (χ1) is 10.7. The van der Waals surface area contributed by atoms with Gasteiger partial charge in [0.05, 0.1) is 44.2 Å². The predicted molar refractivity (Wildman–Crippen MR) is 95.7 cm³/mol. The van der Waals surface area contributed by atoms with Crippen molar-refractivity contribution in [3.63, 3.8) is 0 Å². The Morgan fingerprint density at radius 2 is 1.96 bits per heavy atom. The maximum Gasteiger partial charge on any atom is 0.129 e. The second-order valence-electron chi connectivity index (χ2n) is 6.22. The Morgan fingerprint density at radius 3 is 2.48 bits per heavy atom. The van der Waals surface area contributed by atoms with Gasteiger partial charge in [0.15, 0.2) is 0 Å². The molecule has 0 bridgehead atoms. The third-order valence-corrected chi connectivity index (χ3v) is 7.28. The number of methoxy groups -OCH3 is 1. The van der Waals surface area contributed by atoms with Gasteiger partial charge in [-0.1, -0.05) is 25.7 Å². The van der Waals surface area contributed by atoms with Crippen molar-refractivity contribution in [2.45, 2.75) is 63.7 Å². The normalized spacial score (nSPS) is 31.0. The summed E-state index contributed by atoms with van der Waals surface area (Å²) in [5, 5.41) is 3.17. The number of rotatable bonds is 10. The molecular weight excluding hydrogens is 336 g/mol. The molecule has 134 valence electrons. The fraction of sp³-hybridized carbons (Fsp3) is 1.00. The molecule has 0 aliphatic carbocycles. The molecule has 6 nitrogen and oxygen atoms in total. The van der Waals surface area contributed by atoms with E-state index in [9.17, 15) is 4.89 Å². The molecule has 2 N–H and O–H groups in total. The lowest BCUT2D eigenvalue weighted by Crippen LogP contribution is -2.47. The van der Waals surface area contributed by atoms with Crippen molar-refractivity contribution in [1.29, 1.82) is 0 Å². The van der Waals surface area contributed by atoms with Crippen LogP contribution in [0.1, 0.15) is 27.7 Å². The number of hydrogen-bond donors (Lipinski definition) is 2. The monoisotopic (exact) mass is 365 g/mol. The van der Waals surface area contributed by atoms with Crippen molar-refractivity contribution < 1.29 is 23.8 Å². The standard InChI is InChI=1S/C14H29BNO5PS/c1-9(2)20-8-11-12(16-22(17,23)10(3)4)13(14(15)21-11)19-7-6-18-5/h9-14H,6-8H2,1-5H3,(H2,16,17,23)/t11-,12?,13+,14-,22?/m1/s1. The molecule has 5 atom stereocenters. The van der Waals surface area contributed by atoms with E-state index in [2.05, 4.69) is 5.09 Å². The lowest BCUT2D eigenvalue weighted by molar-refractivity contribution is -0.0273. The van der Waals surface area contributed by atoms with E-state index in [1.54, 1.807) is 7.11 Å². The van der Waals surface area contributed by atoms with Gasteiger partial charge in [0.1, 0.15) is 14.3 Å². The summed E-state index contributed by atoms with van der Waals surface area (Å²) in [4.78, 5) is 10.5. The second kappa shape index (κ2) is 9.83. The quantitative estimate of drug-likeness (QED) is 0.340. The zero-order chi connectivity index (χ0) is 17.6. The van der Waals surface area contributed by atoms with Crippen LogP contribution < -0.4 is 5.09 Å². The Hall–Kier alpha value is 0.475. The van der Waals surface area contributed by atoms with Gasteiger partial charge in [-0.05, 0) is 13.8 Å². The van der Waals surface area contributed by atoms with E-state index in [4.69, 9.17) is 38.6 Å². The first-order valence-corrected chi connectivity index (χ1v) is 10.7. The topological polar surface area (TPSA) is 69.2 Å².